The molecule has 1 aromatic heterocycles. The van der Waals surface area contributed by atoms with Gasteiger partial charge in [-0.2, -0.15) is 18.3 Å². The number of aromatic amines is 1. The Labute approximate surface area is 133 Å². The van der Waals surface area contributed by atoms with Gasteiger partial charge in [0.15, 0.2) is 20.7 Å². The Kier molecular flexibility index (Phi) is 4.09. The summed E-state index contributed by atoms with van der Waals surface area (Å²) in [5.41, 5.74) is 4.23. The summed E-state index contributed by atoms with van der Waals surface area (Å²) in [5, 5.41) is 4.59. The molecule has 0 saturated carbocycles. The number of hydrogen-bond donors (Lipinski definition) is 2. The summed E-state index contributed by atoms with van der Waals surface area (Å²) in [6.07, 6.45) is -3.76. The van der Waals surface area contributed by atoms with Crippen molar-refractivity contribution < 1.29 is 21.6 Å². The summed E-state index contributed by atoms with van der Waals surface area (Å²) in [7, 11) is -3.77. The molecular weight excluding hydrogens is 366 g/mol. The van der Waals surface area contributed by atoms with E-state index in [0.29, 0.717) is 12.1 Å². The second-order valence-electron chi connectivity index (χ2n) is 4.40. The second kappa shape index (κ2) is 5.32. The van der Waals surface area contributed by atoms with Crippen molar-refractivity contribution >= 4 is 38.9 Å². The molecule has 1 aromatic carbocycles. The number of nitrogen functional groups attached to an aromatic ring is 1. The number of halogens is 5. The molecule has 0 atom stereocenters. The fraction of sp³-hybridized carbons (Fsp3) is 0.182. The van der Waals surface area contributed by atoms with Gasteiger partial charge in [0, 0.05) is 11.8 Å². The van der Waals surface area contributed by atoms with Gasteiger partial charge in [-0.15, -0.1) is 0 Å². The molecule has 2 aromatic rings. The average Bonchev–Trinajstić information content (AvgIpc) is 2.69. The van der Waals surface area contributed by atoms with Gasteiger partial charge in [0.2, 0.25) is 0 Å². The molecule has 0 aliphatic heterocycles. The molecule has 22 heavy (non-hydrogen) atoms. The topological polar surface area (TPSA) is 88.8 Å². The molecule has 0 unspecified atom stereocenters. The van der Waals surface area contributed by atoms with E-state index in [4.69, 9.17) is 28.9 Å². The minimum absolute atomic E-state index is 0.136. The zero-order chi connectivity index (χ0) is 16.9. The fourth-order valence-corrected chi connectivity index (χ4v) is 3.29. The lowest BCUT2D eigenvalue weighted by Crippen LogP contribution is -2.06. The first-order chi connectivity index (χ1) is 9.93. The molecule has 120 valence electrons. The Hall–Kier alpha value is -1.45. The third-order valence-corrected chi connectivity index (χ3v) is 4.38. The van der Waals surface area contributed by atoms with Crippen LogP contribution in [0.25, 0.3) is 11.1 Å². The quantitative estimate of drug-likeness (QED) is 0.844. The number of hydrogen-bond acceptors (Lipinski definition) is 4. The van der Waals surface area contributed by atoms with E-state index in [1.807, 2.05) is 0 Å². The van der Waals surface area contributed by atoms with Crippen LogP contribution in [0.5, 0.6) is 0 Å². The van der Waals surface area contributed by atoms with E-state index in [2.05, 4.69) is 10.2 Å². The van der Waals surface area contributed by atoms with Crippen LogP contribution < -0.4 is 5.73 Å². The molecule has 0 spiro atoms. The first-order valence-electron chi connectivity index (χ1n) is 5.53. The Morgan fingerprint density at radius 1 is 1.18 bits per heavy atom. The highest BCUT2D eigenvalue weighted by Crippen LogP contribution is 2.43. The van der Waals surface area contributed by atoms with Crippen molar-refractivity contribution in [2.75, 3.05) is 12.0 Å². The van der Waals surface area contributed by atoms with Crippen LogP contribution in [-0.4, -0.2) is 24.9 Å². The number of rotatable bonds is 2. The highest BCUT2D eigenvalue weighted by Gasteiger charge is 2.33. The minimum atomic E-state index is -4.65. The summed E-state index contributed by atoms with van der Waals surface area (Å²) < 4.78 is 61.5. The van der Waals surface area contributed by atoms with Crippen molar-refractivity contribution in [3.05, 3.63) is 27.7 Å². The van der Waals surface area contributed by atoms with Crippen LogP contribution in [0.4, 0.5) is 19.0 Å². The summed E-state index contributed by atoms with van der Waals surface area (Å²) >= 11 is 11.7. The highest BCUT2D eigenvalue weighted by atomic mass is 35.5. The summed E-state index contributed by atoms with van der Waals surface area (Å²) in [5.74, 6) is -0.246. The molecule has 3 N–H and O–H groups in total. The van der Waals surface area contributed by atoms with E-state index < -0.39 is 31.6 Å². The maximum Gasteiger partial charge on any atom is 0.416 e. The van der Waals surface area contributed by atoms with E-state index in [9.17, 15) is 21.6 Å². The summed E-state index contributed by atoms with van der Waals surface area (Å²) in [6.45, 7) is 0. The van der Waals surface area contributed by atoms with Crippen LogP contribution in [0.15, 0.2) is 17.2 Å². The number of anilines is 1. The smallest absolute Gasteiger partial charge is 0.382 e. The monoisotopic (exact) mass is 373 g/mol. The van der Waals surface area contributed by atoms with E-state index in [-0.39, 0.29) is 22.0 Å². The molecule has 0 aliphatic carbocycles. The van der Waals surface area contributed by atoms with Crippen molar-refractivity contribution in [3.63, 3.8) is 0 Å². The van der Waals surface area contributed by atoms with Gasteiger partial charge in [0.05, 0.1) is 21.2 Å². The van der Waals surface area contributed by atoms with Gasteiger partial charge in [-0.25, -0.2) is 8.42 Å². The Balaban J connectivity index is 2.78. The predicted molar refractivity (Wildman–Crippen MR) is 76.6 cm³/mol. The van der Waals surface area contributed by atoms with Crippen molar-refractivity contribution in [2.24, 2.45) is 0 Å². The molecule has 0 fully saturated rings. The fourth-order valence-electron chi connectivity index (χ4n) is 1.82. The maximum absolute atomic E-state index is 12.7. The number of nitrogens with zero attached hydrogens (tertiary/aromatic N) is 1. The van der Waals surface area contributed by atoms with Crippen LogP contribution in [0.1, 0.15) is 5.56 Å². The number of H-pyrrole nitrogens is 1. The number of alkyl halides is 3. The first-order valence-corrected chi connectivity index (χ1v) is 8.18. The zero-order valence-corrected chi connectivity index (χ0v) is 13.1. The molecule has 1 heterocycles. The lowest BCUT2D eigenvalue weighted by atomic mass is 10.1. The normalized spacial score (nSPS) is 12.6. The third kappa shape index (κ3) is 3.01. The number of sulfone groups is 1. The predicted octanol–water partition coefficient (Wildman–Crippen LogP) is 3.39. The van der Waals surface area contributed by atoms with Gasteiger partial charge in [-0.05, 0) is 12.1 Å². The number of aromatic nitrogens is 2. The second-order valence-corrected chi connectivity index (χ2v) is 7.16. The molecule has 5 nitrogen and oxygen atoms in total. The van der Waals surface area contributed by atoms with Crippen molar-refractivity contribution in [3.8, 4) is 11.1 Å². The average molecular weight is 374 g/mol. The molecular formula is C11H8Cl2F3N3O2S. The molecule has 0 saturated heterocycles. The highest BCUT2D eigenvalue weighted by molar-refractivity contribution is 7.90. The Bertz CT molecular complexity index is 824. The van der Waals surface area contributed by atoms with E-state index in [0.717, 1.165) is 6.26 Å². The molecule has 0 aliphatic rings. The maximum atomic E-state index is 12.7. The Morgan fingerprint density at radius 3 is 2.09 bits per heavy atom. The van der Waals surface area contributed by atoms with Gasteiger partial charge in [-0.1, -0.05) is 23.2 Å². The molecule has 0 bridgehead atoms. The van der Waals surface area contributed by atoms with Crippen molar-refractivity contribution in [1.29, 1.82) is 0 Å². The molecule has 0 amide bonds. The van der Waals surface area contributed by atoms with Crippen LogP contribution in [0.3, 0.4) is 0 Å². The van der Waals surface area contributed by atoms with E-state index in [1.165, 1.54) is 0 Å². The number of nitrogens with two attached hydrogens (primary N) is 1. The minimum Gasteiger partial charge on any atom is -0.382 e. The van der Waals surface area contributed by atoms with Gasteiger partial charge in [-0.3, -0.25) is 5.10 Å². The van der Waals surface area contributed by atoms with Crippen molar-refractivity contribution in [1.82, 2.24) is 10.2 Å². The van der Waals surface area contributed by atoms with Crippen molar-refractivity contribution in [2.45, 2.75) is 11.2 Å². The van der Waals surface area contributed by atoms with Crippen LogP contribution in [0.2, 0.25) is 10.0 Å². The van der Waals surface area contributed by atoms with Crippen LogP contribution in [0, 0.1) is 0 Å². The van der Waals surface area contributed by atoms with Gasteiger partial charge >= 0.3 is 6.18 Å². The first kappa shape index (κ1) is 16.9. The van der Waals surface area contributed by atoms with E-state index >= 15 is 0 Å². The standard InChI is InChI=1S/C11H8Cl2F3N3O2S/c1-22(20,21)10-8(9(17)18-19-10)7-5(12)2-4(3-6(7)13)11(14,15)16/h2-3H,1H3,(H3,17,18,19). The number of nitrogens with one attached hydrogen (secondary N) is 1. The van der Waals surface area contributed by atoms with Gasteiger partial charge < -0.3 is 5.73 Å². The van der Waals surface area contributed by atoms with E-state index in [1.54, 1.807) is 0 Å². The van der Waals surface area contributed by atoms with Crippen LogP contribution in [-0.2, 0) is 16.0 Å². The number of benzene rings is 1. The molecule has 2 rings (SSSR count). The summed E-state index contributed by atoms with van der Waals surface area (Å²) in [6, 6.07) is 1.28. The Morgan fingerprint density at radius 2 is 1.68 bits per heavy atom. The van der Waals surface area contributed by atoms with Gasteiger partial charge in [0.1, 0.15) is 0 Å². The molecule has 0 radical (unpaired) electrons. The van der Waals surface area contributed by atoms with Gasteiger partial charge in [0.25, 0.3) is 0 Å². The van der Waals surface area contributed by atoms with Crippen LogP contribution >= 0.6 is 23.2 Å². The largest absolute Gasteiger partial charge is 0.416 e. The lowest BCUT2D eigenvalue weighted by Gasteiger charge is -2.12. The lowest BCUT2D eigenvalue weighted by molar-refractivity contribution is -0.137. The molecule has 11 heteroatoms. The zero-order valence-electron chi connectivity index (χ0n) is 10.8. The SMILES string of the molecule is CS(=O)(=O)c1[nH]nc(N)c1-c1c(Cl)cc(C(F)(F)F)cc1Cl. The third-order valence-electron chi connectivity index (χ3n) is 2.75. The summed E-state index contributed by atoms with van der Waals surface area (Å²) in [4.78, 5) is 0.